The first-order valence-electron chi connectivity index (χ1n) is 7.41. The maximum atomic E-state index is 6.06. The number of rotatable bonds is 6. The molecule has 7 heteroatoms. The number of methoxy groups -OCH3 is 1. The van der Waals surface area contributed by atoms with Crippen LogP contribution in [0.2, 0.25) is 0 Å². The zero-order valence-corrected chi connectivity index (χ0v) is 15.4. The summed E-state index contributed by atoms with van der Waals surface area (Å²) in [5.41, 5.74) is 7.00. The molecule has 0 saturated carbocycles. The van der Waals surface area contributed by atoms with E-state index in [0.29, 0.717) is 31.6 Å². The van der Waals surface area contributed by atoms with Crippen molar-refractivity contribution in [2.75, 3.05) is 33.4 Å². The van der Waals surface area contributed by atoms with Crippen LogP contribution in [0.1, 0.15) is 24.8 Å². The summed E-state index contributed by atoms with van der Waals surface area (Å²) in [6.07, 6.45) is 5.37. The molecule has 1 aliphatic rings. The number of pyridine rings is 1. The highest BCUT2D eigenvalue weighted by Gasteiger charge is 2.12. The average Bonchev–Trinajstić information content (AvgIpc) is 2.54. The Bertz CT molecular complexity index is 465. The Morgan fingerprint density at radius 1 is 1.32 bits per heavy atom. The molecule has 0 spiro atoms. The number of nitrogens with zero attached hydrogens (tertiary/aromatic N) is 3. The topological polar surface area (TPSA) is 73.0 Å². The predicted octanol–water partition coefficient (Wildman–Crippen LogP) is 2.03. The van der Waals surface area contributed by atoms with E-state index in [4.69, 9.17) is 15.2 Å². The van der Waals surface area contributed by atoms with Crippen LogP contribution in [0.3, 0.4) is 0 Å². The summed E-state index contributed by atoms with van der Waals surface area (Å²) in [4.78, 5) is 10.9. The van der Waals surface area contributed by atoms with E-state index in [1.165, 1.54) is 19.3 Å². The van der Waals surface area contributed by atoms with E-state index in [9.17, 15) is 0 Å². The van der Waals surface area contributed by atoms with Gasteiger partial charge in [0.05, 0.1) is 13.2 Å². The van der Waals surface area contributed by atoms with Crippen LogP contribution >= 0.6 is 24.0 Å². The highest BCUT2D eigenvalue weighted by Crippen LogP contribution is 2.16. The van der Waals surface area contributed by atoms with Gasteiger partial charge in [0.25, 0.3) is 0 Å². The van der Waals surface area contributed by atoms with Gasteiger partial charge in [-0.05, 0) is 25.3 Å². The van der Waals surface area contributed by atoms with Crippen LogP contribution in [0.4, 0.5) is 0 Å². The SMILES string of the molecule is COCCOc1ncccc1CN=C(N)N1CCCCC1.I. The molecule has 124 valence electrons. The van der Waals surface area contributed by atoms with Crippen molar-refractivity contribution in [3.05, 3.63) is 23.9 Å². The summed E-state index contributed by atoms with van der Waals surface area (Å²) in [6, 6.07) is 3.84. The third-order valence-corrected chi connectivity index (χ3v) is 3.47. The molecule has 1 fully saturated rings. The number of ether oxygens (including phenoxy) is 2. The van der Waals surface area contributed by atoms with Crippen molar-refractivity contribution in [1.29, 1.82) is 0 Å². The third kappa shape index (κ3) is 5.96. The van der Waals surface area contributed by atoms with Crippen molar-refractivity contribution in [2.24, 2.45) is 10.7 Å². The van der Waals surface area contributed by atoms with Gasteiger partial charge in [0.1, 0.15) is 6.61 Å². The normalized spacial score (nSPS) is 15.3. The largest absolute Gasteiger partial charge is 0.475 e. The summed E-state index contributed by atoms with van der Waals surface area (Å²) >= 11 is 0. The standard InChI is InChI=1S/C15H24N4O2.HI/c1-20-10-11-21-14-13(6-5-7-17-14)12-18-15(16)19-8-3-2-4-9-19;/h5-7H,2-4,8-12H2,1H3,(H2,16,18);1H. The first-order chi connectivity index (χ1) is 10.3. The van der Waals surface area contributed by atoms with Crippen molar-refractivity contribution in [1.82, 2.24) is 9.88 Å². The number of guanidine groups is 1. The van der Waals surface area contributed by atoms with Crippen LogP contribution in [0, 0.1) is 0 Å². The van der Waals surface area contributed by atoms with Crippen LogP contribution in [0.25, 0.3) is 0 Å². The molecule has 22 heavy (non-hydrogen) atoms. The van der Waals surface area contributed by atoms with Crippen LogP contribution in [0.5, 0.6) is 5.88 Å². The fraction of sp³-hybridized carbons (Fsp3) is 0.600. The van der Waals surface area contributed by atoms with E-state index in [-0.39, 0.29) is 24.0 Å². The minimum Gasteiger partial charge on any atom is -0.475 e. The Morgan fingerprint density at radius 2 is 2.09 bits per heavy atom. The lowest BCUT2D eigenvalue weighted by Crippen LogP contribution is -2.40. The number of hydrogen-bond donors (Lipinski definition) is 1. The third-order valence-electron chi connectivity index (χ3n) is 3.47. The number of nitrogens with two attached hydrogens (primary N) is 1. The minimum atomic E-state index is 0. The van der Waals surface area contributed by atoms with Gasteiger partial charge in [0.2, 0.25) is 5.88 Å². The Hall–Kier alpha value is -1.09. The number of piperidine rings is 1. The van der Waals surface area contributed by atoms with Gasteiger partial charge in [-0.3, -0.25) is 0 Å². The Labute approximate surface area is 149 Å². The highest BCUT2D eigenvalue weighted by molar-refractivity contribution is 14.0. The molecule has 0 atom stereocenters. The molecule has 2 rings (SSSR count). The first-order valence-corrected chi connectivity index (χ1v) is 7.41. The highest BCUT2D eigenvalue weighted by atomic mass is 127. The molecular formula is C15H25IN4O2. The molecule has 0 aliphatic carbocycles. The quantitative estimate of drug-likeness (QED) is 0.330. The first kappa shape index (κ1) is 19.0. The summed E-state index contributed by atoms with van der Waals surface area (Å²) < 4.78 is 10.6. The van der Waals surface area contributed by atoms with E-state index < -0.39 is 0 Å². The molecule has 0 radical (unpaired) electrons. The number of hydrogen-bond acceptors (Lipinski definition) is 4. The van der Waals surface area contributed by atoms with Crippen LogP contribution in [-0.2, 0) is 11.3 Å². The second-order valence-corrected chi connectivity index (χ2v) is 5.03. The monoisotopic (exact) mass is 420 g/mol. The second kappa shape index (κ2) is 10.6. The fourth-order valence-electron chi connectivity index (χ4n) is 2.29. The molecule has 1 aromatic rings. The van der Waals surface area contributed by atoms with Gasteiger partial charge in [0.15, 0.2) is 5.96 Å². The maximum Gasteiger partial charge on any atom is 0.218 e. The molecule has 2 heterocycles. The van der Waals surface area contributed by atoms with Gasteiger partial charge in [-0.2, -0.15) is 0 Å². The molecule has 6 nitrogen and oxygen atoms in total. The molecule has 0 bridgehead atoms. The molecule has 0 aromatic carbocycles. The number of likely N-dealkylation sites (tertiary alicyclic amines) is 1. The lowest BCUT2D eigenvalue weighted by molar-refractivity contribution is 0.143. The number of aromatic nitrogens is 1. The molecule has 1 aromatic heterocycles. The van der Waals surface area contributed by atoms with Crippen molar-refractivity contribution in [3.63, 3.8) is 0 Å². The van der Waals surface area contributed by atoms with Crippen LogP contribution in [0.15, 0.2) is 23.3 Å². The van der Waals surface area contributed by atoms with Gasteiger partial charge in [-0.1, -0.05) is 6.07 Å². The van der Waals surface area contributed by atoms with Gasteiger partial charge < -0.3 is 20.1 Å². The van der Waals surface area contributed by atoms with Gasteiger partial charge in [0, 0.05) is 32.0 Å². The van der Waals surface area contributed by atoms with Crippen molar-refractivity contribution < 1.29 is 9.47 Å². The predicted molar refractivity (Wildman–Crippen MR) is 97.8 cm³/mol. The lowest BCUT2D eigenvalue weighted by Gasteiger charge is -2.27. The summed E-state index contributed by atoms with van der Waals surface area (Å²) in [5, 5.41) is 0. The minimum absolute atomic E-state index is 0. The molecule has 1 saturated heterocycles. The molecule has 0 unspecified atom stereocenters. The van der Waals surface area contributed by atoms with E-state index in [1.54, 1.807) is 13.3 Å². The molecule has 2 N–H and O–H groups in total. The average molecular weight is 420 g/mol. The Balaban J connectivity index is 0.00000242. The van der Waals surface area contributed by atoms with Crippen molar-refractivity contribution in [3.8, 4) is 5.88 Å². The van der Waals surface area contributed by atoms with Crippen molar-refractivity contribution in [2.45, 2.75) is 25.8 Å². The van der Waals surface area contributed by atoms with E-state index in [2.05, 4.69) is 14.9 Å². The maximum absolute atomic E-state index is 6.06. The molecule has 0 amide bonds. The number of aliphatic imine (C=N–C) groups is 1. The summed E-state index contributed by atoms with van der Waals surface area (Å²) in [6.45, 7) is 3.50. The molecule has 1 aliphatic heterocycles. The van der Waals surface area contributed by atoms with Crippen LogP contribution < -0.4 is 10.5 Å². The van der Waals surface area contributed by atoms with Crippen LogP contribution in [-0.4, -0.2) is 49.3 Å². The second-order valence-electron chi connectivity index (χ2n) is 5.03. The Kier molecular flexibility index (Phi) is 9.14. The zero-order valence-electron chi connectivity index (χ0n) is 13.0. The zero-order chi connectivity index (χ0) is 14.9. The smallest absolute Gasteiger partial charge is 0.218 e. The molecular weight excluding hydrogens is 395 g/mol. The fourth-order valence-corrected chi connectivity index (χ4v) is 2.29. The van der Waals surface area contributed by atoms with E-state index in [0.717, 1.165) is 18.7 Å². The number of halogens is 1. The van der Waals surface area contributed by atoms with E-state index in [1.807, 2.05) is 12.1 Å². The van der Waals surface area contributed by atoms with Gasteiger partial charge >= 0.3 is 0 Å². The van der Waals surface area contributed by atoms with E-state index >= 15 is 0 Å². The Morgan fingerprint density at radius 3 is 2.82 bits per heavy atom. The summed E-state index contributed by atoms with van der Waals surface area (Å²) in [5.74, 6) is 1.21. The lowest BCUT2D eigenvalue weighted by atomic mass is 10.1. The van der Waals surface area contributed by atoms with Gasteiger partial charge in [-0.15, -0.1) is 24.0 Å². The van der Waals surface area contributed by atoms with Crippen molar-refractivity contribution >= 4 is 29.9 Å². The van der Waals surface area contributed by atoms with Gasteiger partial charge in [-0.25, -0.2) is 9.98 Å². The summed E-state index contributed by atoms with van der Waals surface area (Å²) in [7, 11) is 1.65.